The molecule has 0 saturated carbocycles. The summed E-state index contributed by atoms with van der Waals surface area (Å²) in [7, 11) is 0. The lowest BCUT2D eigenvalue weighted by atomic mass is 10.1. The molecule has 1 aromatic rings. The summed E-state index contributed by atoms with van der Waals surface area (Å²) in [6.45, 7) is 6.02. The first kappa shape index (κ1) is 13.1. The average Bonchev–Trinajstić information content (AvgIpc) is 2.81. The fourth-order valence-corrected chi connectivity index (χ4v) is 2.08. The third-order valence-electron chi connectivity index (χ3n) is 3.17. The van der Waals surface area contributed by atoms with Gasteiger partial charge in [-0.15, -0.1) is 6.58 Å². The average molecular weight is 260 g/mol. The van der Waals surface area contributed by atoms with Crippen molar-refractivity contribution in [1.29, 1.82) is 0 Å². The molecule has 1 heterocycles. The minimum absolute atomic E-state index is 0.102. The minimum atomic E-state index is -0.953. The molecule has 1 aliphatic rings. The van der Waals surface area contributed by atoms with Crippen LogP contribution >= 0.6 is 0 Å². The molecule has 0 fully saturated rings. The highest BCUT2D eigenvalue weighted by molar-refractivity contribution is 5.96. The first-order valence-electron chi connectivity index (χ1n) is 6.09. The normalized spacial score (nSPS) is 14.7. The van der Waals surface area contributed by atoms with E-state index in [-0.39, 0.29) is 17.6 Å². The Labute approximate surface area is 111 Å². The van der Waals surface area contributed by atoms with Gasteiger partial charge in [0.25, 0.3) is 0 Å². The van der Waals surface area contributed by atoms with Gasteiger partial charge < -0.3 is 10.4 Å². The number of hydrogen-bond donors (Lipinski definition) is 2. The molecule has 2 amide bonds. The molecular weight excluding hydrogens is 244 g/mol. The zero-order valence-corrected chi connectivity index (χ0v) is 10.7. The standard InChI is InChI=1S/C14H16N2O3/c1-3-9(2)15-14(19)16-7-6-10-8-11(13(17)18)4-5-12(10)16/h3-5,8-9H,1,6-7H2,2H3,(H,15,19)(H,17,18). The Morgan fingerprint density at radius 2 is 2.26 bits per heavy atom. The molecule has 0 saturated heterocycles. The summed E-state index contributed by atoms with van der Waals surface area (Å²) in [5, 5.41) is 11.7. The van der Waals surface area contributed by atoms with Crippen LogP contribution in [0.4, 0.5) is 10.5 Å². The topological polar surface area (TPSA) is 69.6 Å². The number of nitrogens with zero attached hydrogens (tertiary/aromatic N) is 1. The van der Waals surface area contributed by atoms with Crippen molar-refractivity contribution in [2.45, 2.75) is 19.4 Å². The maximum atomic E-state index is 12.0. The number of carbonyl (C=O) groups is 2. The van der Waals surface area contributed by atoms with Crippen LogP contribution in [-0.4, -0.2) is 29.7 Å². The van der Waals surface area contributed by atoms with E-state index in [1.165, 1.54) is 6.07 Å². The zero-order chi connectivity index (χ0) is 14.0. The van der Waals surface area contributed by atoms with Gasteiger partial charge in [-0.3, -0.25) is 4.90 Å². The number of benzene rings is 1. The van der Waals surface area contributed by atoms with E-state index in [4.69, 9.17) is 5.11 Å². The molecule has 2 N–H and O–H groups in total. The summed E-state index contributed by atoms with van der Waals surface area (Å²) in [6.07, 6.45) is 2.33. The van der Waals surface area contributed by atoms with Gasteiger partial charge in [0.1, 0.15) is 0 Å². The van der Waals surface area contributed by atoms with E-state index in [0.29, 0.717) is 13.0 Å². The predicted molar refractivity (Wildman–Crippen MR) is 72.6 cm³/mol. The second-order valence-electron chi connectivity index (χ2n) is 4.52. The largest absolute Gasteiger partial charge is 0.478 e. The second-order valence-corrected chi connectivity index (χ2v) is 4.52. The van der Waals surface area contributed by atoms with Gasteiger partial charge in [-0.25, -0.2) is 9.59 Å². The summed E-state index contributed by atoms with van der Waals surface area (Å²) in [4.78, 5) is 24.6. The minimum Gasteiger partial charge on any atom is -0.478 e. The van der Waals surface area contributed by atoms with Crippen LogP contribution in [0.5, 0.6) is 0 Å². The summed E-state index contributed by atoms with van der Waals surface area (Å²) in [6, 6.07) is 4.54. The SMILES string of the molecule is C=CC(C)NC(=O)N1CCc2cc(C(=O)O)ccc21. The van der Waals surface area contributed by atoms with Crippen molar-refractivity contribution >= 4 is 17.7 Å². The number of aromatic carboxylic acids is 1. The van der Waals surface area contributed by atoms with Crippen LogP contribution in [0.15, 0.2) is 30.9 Å². The number of nitrogens with one attached hydrogen (secondary N) is 1. The number of amides is 2. The lowest BCUT2D eigenvalue weighted by Gasteiger charge is -2.20. The predicted octanol–water partition coefficient (Wildman–Crippen LogP) is 2.03. The van der Waals surface area contributed by atoms with Gasteiger partial charge in [0, 0.05) is 18.3 Å². The molecular formula is C14H16N2O3. The molecule has 0 spiro atoms. The van der Waals surface area contributed by atoms with Crippen LogP contribution in [0.1, 0.15) is 22.8 Å². The van der Waals surface area contributed by atoms with Crippen molar-refractivity contribution in [3.05, 3.63) is 42.0 Å². The molecule has 19 heavy (non-hydrogen) atoms. The van der Waals surface area contributed by atoms with Crippen LogP contribution in [-0.2, 0) is 6.42 Å². The van der Waals surface area contributed by atoms with Crippen LogP contribution < -0.4 is 10.2 Å². The second kappa shape index (κ2) is 5.14. The molecule has 0 radical (unpaired) electrons. The third-order valence-corrected chi connectivity index (χ3v) is 3.17. The summed E-state index contributed by atoms with van der Waals surface area (Å²) in [5.41, 5.74) is 1.92. The maximum Gasteiger partial charge on any atom is 0.335 e. The summed E-state index contributed by atoms with van der Waals surface area (Å²) in [5.74, 6) is -0.953. The van der Waals surface area contributed by atoms with E-state index >= 15 is 0 Å². The van der Waals surface area contributed by atoms with Crippen molar-refractivity contribution in [3.8, 4) is 0 Å². The van der Waals surface area contributed by atoms with E-state index in [0.717, 1.165) is 11.3 Å². The molecule has 1 aliphatic heterocycles. The first-order chi connectivity index (χ1) is 9.02. The van der Waals surface area contributed by atoms with Crippen LogP contribution in [0, 0.1) is 0 Å². The van der Waals surface area contributed by atoms with Crippen LogP contribution in [0.25, 0.3) is 0 Å². The van der Waals surface area contributed by atoms with Crippen molar-refractivity contribution in [2.24, 2.45) is 0 Å². The summed E-state index contributed by atoms with van der Waals surface area (Å²) < 4.78 is 0. The Kier molecular flexibility index (Phi) is 3.55. The number of fused-ring (bicyclic) bond motifs is 1. The van der Waals surface area contributed by atoms with E-state index in [2.05, 4.69) is 11.9 Å². The van der Waals surface area contributed by atoms with Gasteiger partial charge in [-0.05, 0) is 37.1 Å². The number of carboxylic acid groups (broad SMARTS) is 1. The molecule has 1 aromatic carbocycles. The van der Waals surface area contributed by atoms with Crippen molar-refractivity contribution in [3.63, 3.8) is 0 Å². The van der Waals surface area contributed by atoms with Crippen molar-refractivity contribution in [2.75, 3.05) is 11.4 Å². The van der Waals surface area contributed by atoms with Crippen molar-refractivity contribution in [1.82, 2.24) is 5.32 Å². The fourth-order valence-electron chi connectivity index (χ4n) is 2.08. The molecule has 0 aliphatic carbocycles. The molecule has 0 bridgehead atoms. The molecule has 5 nitrogen and oxygen atoms in total. The highest BCUT2D eigenvalue weighted by Crippen LogP contribution is 2.28. The molecule has 0 aromatic heterocycles. The Bertz CT molecular complexity index is 539. The smallest absolute Gasteiger partial charge is 0.335 e. The molecule has 2 rings (SSSR count). The molecule has 1 atom stereocenters. The van der Waals surface area contributed by atoms with Gasteiger partial charge in [0.2, 0.25) is 0 Å². The molecule has 100 valence electrons. The highest BCUT2D eigenvalue weighted by Gasteiger charge is 2.25. The van der Waals surface area contributed by atoms with E-state index in [1.807, 2.05) is 6.92 Å². The van der Waals surface area contributed by atoms with Crippen LogP contribution in [0.3, 0.4) is 0 Å². The fraction of sp³-hybridized carbons (Fsp3) is 0.286. The van der Waals surface area contributed by atoms with Gasteiger partial charge in [0.15, 0.2) is 0 Å². The number of carbonyl (C=O) groups excluding carboxylic acids is 1. The van der Waals surface area contributed by atoms with E-state index in [1.54, 1.807) is 23.1 Å². The van der Waals surface area contributed by atoms with E-state index < -0.39 is 5.97 Å². The number of urea groups is 1. The van der Waals surface area contributed by atoms with Crippen molar-refractivity contribution < 1.29 is 14.7 Å². The quantitative estimate of drug-likeness (QED) is 0.817. The highest BCUT2D eigenvalue weighted by atomic mass is 16.4. The number of anilines is 1. The first-order valence-corrected chi connectivity index (χ1v) is 6.09. The maximum absolute atomic E-state index is 12.0. The molecule has 5 heteroatoms. The monoisotopic (exact) mass is 260 g/mol. The van der Waals surface area contributed by atoms with Gasteiger partial charge >= 0.3 is 12.0 Å². The number of rotatable bonds is 3. The van der Waals surface area contributed by atoms with Crippen LogP contribution in [0.2, 0.25) is 0 Å². The van der Waals surface area contributed by atoms with Gasteiger partial charge in [-0.2, -0.15) is 0 Å². The number of hydrogen-bond acceptors (Lipinski definition) is 2. The van der Waals surface area contributed by atoms with Gasteiger partial charge in [0.05, 0.1) is 5.56 Å². The van der Waals surface area contributed by atoms with Gasteiger partial charge in [-0.1, -0.05) is 6.08 Å². The Hall–Kier alpha value is -2.30. The summed E-state index contributed by atoms with van der Waals surface area (Å²) >= 11 is 0. The zero-order valence-electron chi connectivity index (χ0n) is 10.7. The Balaban J connectivity index is 2.20. The number of carboxylic acids is 1. The Morgan fingerprint density at radius 3 is 2.89 bits per heavy atom. The molecule has 1 unspecified atom stereocenters. The van der Waals surface area contributed by atoms with E-state index in [9.17, 15) is 9.59 Å². The lowest BCUT2D eigenvalue weighted by Crippen LogP contribution is -2.42. The third kappa shape index (κ3) is 2.59. The lowest BCUT2D eigenvalue weighted by molar-refractivity contribution is 0.0697. The Morgan fingerprint density at radius 1 is 1.53 bits per heavy atom.